The average molecular weight is 523 g/mol. The lowest BCUT2D eigenvalue weighted by Crippen LogP contribution is -2.49. The molecule has 2 N–H and O–H groups in total. The highest BCUT2D eigenvalue weighted by Gasteiger charge is 2.36. The van der Waals surface area contributed by atoms with Gasteiger partial charge < -0.3 is 14.8 Å². The zero-order chi connectivity index (χ0) is 26.3. The zero-order valence-corrected chi connectivity index (χ0v) is 22.0. The van der Waals surface area contributed by atoms with Crippen molar-refractivity contribution in [3.63, 3.8) is 0 Å². The normalized spacial score (nSPS) is 18.6. The molecule has 3 unspecified atom stereocenters. The summed E-state index contributed by atoms with van der Waals surface area (Å²) in [6.45, 7) is 0.730. The van der Waals surface area contributed by atoms with Crippen molar-refractivity contribution in [3.8, 4) is 16.9 Å². The van der Waals surface area contributed by atoms with Crippen molar-refractivity contribution in [2.75, 3.05) is 14.2 Å². The number of carbonyl (C=O) groups is 1. The van der Waals surface area contributed by atoms with Crippen LogP contribution >= 0.6 is 0 Å². The molecule has 0 aromatic heterocycles. The molecule has 0 saturated heterocycles. The number of methoxy groups -OCH3 is 2. The molecule has 1 aliphatic carbocycles. The monoisotopic (exact) mass is 522 g/mol. The highest BCUT2D eigenvalue weighted by molar-refractivity contribution is 7.89. The van der Waals surface area contributed by atoms with E-state index in [1.165, 1.54) is 12.7 Å². The van der Waals surface area contributed by atoms with Crippen LogP contribution in [0.2, 0.25) is 0 Å². The van der Waals surface area contributed by atoms with E-state index in [0.29, 0.717) is 6.42 Å². The summed E-state index contributed by atoms with van der Waals surface area (Å²) in [7, 11) is -1.04. The van der Waals surface area contributed by atoms with Gasteiger partial charge in [-0.3, -0.25) is 4.79 Å². The summed E-state index contributed by atoms with van der Waals surface area (Å²) in [5, 5.41) is 3.57. The smallest absolute Gasteiger partial charge is 0.324 e. The second-order valence-electron chi connectivity index (χ2n) is 9.37. The minimum atomic E-state index is -3.94. The first-order valence-electron chi connectivity index (χ1n) is 12.5. The summed E-state index contributed by atoms with van der Waals surface area (Å²) < 4.78 is 39.4. The molecule has 3 aromatic rings. The third kappa shape index (κ3) is 6.97. The number of carbonyl (C=O) groups excluding carboxylic acids is 1. The Labute approximate surface area is 219 Å². The molecule has 0 bridgehead atoms. The van der Waals surface area contributed by atoms with Gasteiger partial charge in [0.25, 0.3) is 0 Å². The first-order chi connectivity index (χ1) is 17.9. The summed E-state index contributed by atoms with van der Waals surface area (Å²) in [6.07, 6.45) is 3.33. The van der Waals surface area contributed by atoms with Gasteiger partial charge in [0.15, 0.2) is 0 Å². The molecule has 0 aliphatic heterocycles. The molecule has 4 rings (SSSR count). The van der Waals surface area contributed by atoms with Crippen LogP contribution in [0, 0.1) is 5.92 Å². The molecule has 3 atom stereocenters. The molecule has 1 saturated carbocycles. The van der Waals surface area contributed by atoms with E-state index >= 15 is 0 Å². The predicted octanol–water partition coefficient (Wildman–Crippen LogP) is 4.53. The lowest BCUT2D eigenvalue weighted by Gasteiger charge is -2.34. The molecule has 1 aliphatic rings. The van der Waals surface area contributed by atoms with Gasteiger partial charge in [0.05, 0.1) is 19.1 Å². The molecule has 1 fully saturated rings. The Bertz CT molecular complexity index is 1260. The van der Waals surface area contributed by atoms with E-state index in [4.69, 9.17) is 9.47 Å². The number of hydrogen-bond acceptors (Lipinski definition) is 6. The van der Waals surface area contributed by atoms with Gasteiger partial charge in [-0.05, 0) is 66.1 Å². The van der Waals surface area contributed by atoms with Crippen LogP contribution < -0.4 is 14.8 Å². The standard InChI is InChI=1S/C29H34N2O5S/c1-35-26-15-11-22(12-16-26)23-13-17-27(18-14-23)37(33,34)31-28(29(32)36-2)24-9-6-10-25(19-24)30-20-21-7-4-3-5-8-21/h3-5,7-8,11-18,24-25,28,30-31H,6,9-10,19-20H2,1-2H3. The zero-order valence-electron chi connectivity index (χ0n) is 21.2. The van der Waals surface area contributed by atoms with Crippen LogP contribution in [-0.4, -0.2) is 40.7 Å². The quantitative estimate of drug-likeness (QED) is 0.380. The van der Waals surface area contributed by atoms with Gasteiger partial charge in [0.2, 0.25) is 10.0 Å². The highest BCUT2D eigenvalue weighted by Crippen LogP contribution is 2.29. The average Bonchev–Trinajstić information content (AvgIpc) is 2.95. The fourth-order valence-corrected chi connectivity index (χ4v) is 6.14. The van der Waals surface area contributed by atoms with E-state index in [-0.39, 0.29) is 16.9 Å². The Morgan fingerprint density at radius 3 is 2.19 bits per heavy atom. The highest BCUT2D eigenvalue weighted by atomic mass is 32.2. The molecule has 8 heteroatoms. The van der Waals surface area contributed by atoms with Crippen LogP contribution in [0.1, 0.15) is 31.2 Å². The Morgan fingerprint density at radius 2 is 1.57 bits per heavy atom. The first kappa shape index (κ1) is 26.9. The molecule has 0 spiro atoms. The second kappa shape index (κ2) is 12.4. The topological polar surface area (TPSA) is 93.7 Å². The number of nitrogens with one attached hydrogen (secondary N) is 2. The van der Waals surface area contributed by atoms with Crippen LogP contribution in [0.3, 0.4) is 0 Å². The lowest BCUT2D eigenvalue weighted by molar-refractivity contribution is -0.144. The lowest BCUT2D eigenvalue weighted by atomic mass is 9.81. The van der Waals surface area contributed by atoms with Crippen molar-refractivity contribution in [2.45, 2.75) is 49.2 Å². The van der Waals surface area contributed by atoms with Crippen molar-refractivity contribution >= 4 is 16.0 Å². The minimum Gasteiger partial charge on any atom is -0.497 e. The van der Waals surface area contributed by atoms with Crippen LogP contribution in [0.4, 0.5) is 0 Å². The summed E-state index contributed by atoms with van der Waals surface area (Å²) in [5.41, 5.74) is 3.01. The van der Waals surface area contributed by atoms with E-state index < -0.39 is 22.0 Å². The van der Waals surface area contributed by atoms with Gasteiger partial charge in [-0.1, -0.05) is 61.0 Å². The van der Waals surface area contributed by atoms with Crippen molar-refractivity contribution in [3.05, 3.63) is 84.4 Å². The molecule has 196 valence electrons. The molecule has 37 heavy (non-hydrogen) atoms. The Kier molecular flexibility index (Phi) is 8.97. The number of hydrogen-bond donors (Lipinski definition) is 2. The van der Waals surface area contributed by atoms with Crippen molar-refractivity contribution in [1.82, 2.24) is 10.0 Å². The number of sulfonamides is 1. The van der Waals surface area contributed by atoms with E-state index in [1.807, 2.05) is 42.5 Å². The number of rotatable bonds is 10. The van der Waals surface area contributed by atoms with Crippen LogP contribution in [0.25, 0.3) is 11.1 Å². The summed E-state index contributed by atoms with van der Waals surface area (Å²) >= 11 is 0. The molecule has 0 amide bonds. The van der Waals surface area contributed by atoms with Crippen LogP contribution in [0.5, 0.6) is 5.75 Å². The maximum Gasteiger partial charge on any atom is 0.324 e. The molecule has 0 heterocycles. The summed E-state index contributed by atoms with van der Waals surface area (Å²) in [6, 6.07) is 23.6. The van der Waals surface area contributed by atoms with Gasteiger partial charge in [-0.2, -0.15) is 4.72 Å². The van der Waals surface area contributed by atoms with Gasteiger partial charge in [0.1, 0.15) is 11.8 Å². The molecule has 0 radical (unpaired) electrons. The Morgan fingerprint density at radius 1 is 0.919 bits per heavy atom. The fourth-order valence-electron chi connectivity index (χ4n) is 4.88. The van der Waals surface area contributed by atoms with Crippen molar-refractivity contribution < 1.29 is 22.7 Å². The van der Waals surface area contributed by atoms with E-state index in [9.17, 15) is 13.2 Å². The number of benzene rings is 3. The third-order valence-corrected chi connectivity index (χ3v) is 8.41. The summed E-state index contributed by atoms with van der Waals surface area (Å²) in [4.78, 5) is 12.8. The van der Waals surface area contributed by atoms with Gasteiger partial charge in [-0.15, -0.1) is 0 Å². The van der Waals surface area contributed by atoms with Crippen LogP contribution in [-0.2, 0) is 26.1 Å². The van der Waals surface area contributed by atoms with E-state index in [1.54, 1.807) is 31.4 Å². The second-order valence-corrected chi connectivity index (χ2v) is 11.1. The SMILES string of the molecule is COC(=O)C(NS(=O)(=O)c1ccc(-c2ccc(OC)cc2)cc1)C1CCCC(NCc2ccccc2)C1. The Balaban J connectivity index is 1.45. The summed E-state index contributed by atoms with van der Waals surface area (Å²) in [5.74, 6) is 0.0242. The van der Waals surface area contributed by atoms with Gasteiger partial charge in [-0.25, -0.2) is 8.42 Å². The largest absolute Gasteiger partial charge is 0.497 e. The Hall–Kier alpha value is -3.20. The maximum atomic E-state index is 13.3. The number of esters is 1. The molecule has 3 aromatic carbocycles. The van der Waals surface area contributed by atoms with Crippen molar-refractivity contribution in [1.29, 1.82) is 0 Å². The van der Waals surface area contributed by atoms with Crippen LogP contribution in [0.15, 0.2) is 83.8 Å². The fraction of sp³-hybridized carbons (Fsp3) is 0.345. The minimum absolute atomic E-state index is 0.105. The van der Waals surface area contributed by atoms with E-state index in [0.717, 1.165) is 42.7 Å². The maximum absolute atomic E-state index is 13.3. The van der Waals surface area contributed by atoms with Gasteiger partial charge >= 0.3 is 5.97 Å². The van der Waals surface area contributed by atoms with Crippen molar-refractivity contribution in [2.24, 2.45) is 5.92 Å². The first-order valence-corrected chi connectivity index (χ1v) is 14.0. The van der Waals surface area contributed by atoms with Gasteiger partial charge in [0, 0.05) is 12.6 Å². The molecule has 7 nitrogen and oxygen atoms in total. The molecular formula is C29H34N2O5S. The predicted molar refractivity (Wildman–Crippen MR) is 144 cm³/mol. The van der Waals surface area contributed by atoms with E-state index in [2.05, 4.69) is 22.2 Å². The third-order valence-electron chi connectivity index (χ3n) is 6.95. The molecular weight excluding hydrogens is 488 g/mol. The number of ether oxygens (including phenoxy) is 2.